The van der Waals surface area contributed by atoms with Crippen LogP contribution in [0.5, 0.6) is 5.75 Å². The molecule has 2 aromatic rings. The Balaban J connectivity index is 1.53. The zero-order chi connectivity index (χ0) is 14.5. The molecule has 1 aliphatic rings. The van der Waals surface area contributed by atoms with E-state index in [0.29, 0.717) is 18.2 Å². The van der Waals surface area contributed by atoms with Gasteiger partial charge in [0.1, 0.15) is 12.4 Å². The van der Waals surface area contributed by atoms with Gasteiger partial charge >= 0.3 is 0 Å². The fraction of sp³-hybridized carbons (Fsp3) is 0.294. The summed E-state index contributed by atoms with van der Waals surface area (Å²) in [5.74, 6) is 0.743. The molecule has 1 heterocycles. The number of pyridine rings is 1. The summed E-state index contributed by atoms with van der Waals surface area (Å²) in [6.45, 7) is 1.26. The van der Waals surface area contributed by atoms with Crippen molar-refractivity contribution in [3.05, 3.63) is 59.4 Å². The van der Waals surface area contributed by atoms with Crippen LogP contribution in [-0.4, -0.2) is 11.0 Å². The van der Waals surface area contributed by atoms with E-state index in [4.69, 9.17) is 10.00 Å². The Kier molecular flexibility index (Phi) is 4.13. The highest BCUT2D eigenvalue weighted by atomic mass is 16.5. The number of hydrogen-bond donors (Lipinski definition) is 1. The molecule has 0 aliphatic heterocycles. The molecule has 0 radical (unpaired) electrons. The van der Waals surface area contributed by atoms with Crippen molar-refractivity contribution in [2.45, 2.75) is 32.0 Å². The molecule has 4 heteroatoms. The third-order valence-corrected chi connectivity index (χ3v) is 3.41. The highest BCUT2D eigenvalue weighted by Crippen LogP contribution is 2.19. The zero-order valence-electron chi connectivity index (χ0n) is 11.7. The molecular formula is C17H17N3O. The average molecular weight is 279 g/mol. The van der Waals surface area contributed by atoms with Crippen LogP contribution in [0.4, 0.5) is 0 Å². The first-order valence-electron chi connectivity index (χ1n) is 7.13. The van der Waals surface area contributed by atoms with Gasteiger partial charge in [0.15, 0.2) is 0 Å². The van der Waals surface area contributed by atoms with Gasteiger partial charge in [-0.2, -0.15) is 5.26 Å². The van der Waals surface area contributed by atoms with E-state index in [0.717, 1.165) is 23.6 Å². The Hall–Kier alpha value is -2.38. The maximum atomic E-state index is 8.87. The molecular weight excluding hydrogens is 262 g/mol. The lowest BCUT2D eigenvalue weighted by Gasteiger charge is -2.07. The van der Waals surface area contributed by atoms with E-state index in [-0.39, 0.29) is 0 Å². The van der Waals surface area contributed by atoms with Crippen LogP contribution in [-0.2, 0) is 13.2 Å². The number of ether oxygens (including phenoxy) is 1. The number of benzene rings is 1. The van der Waals surface area contributed by atoms with Crippen LogP contribution in [0.15, 0.2) is 42.6 Å². The van der Waals surface area contributed by atoms with Gasteiger partial charge in [-0.1, -0.05) is 12.1 Å². The van der Waals surface area contributed by atoms with Crippen LogP contribution in [0.1, 0.15) is 29.7 Å². The number of nitrogens with zero attached hydrogens (tertiary/aromatic N) is 2. The summed E-state index contributed by atoms with van der Waals surface area (Å²) in [6.07, 6.45) is 4.31. The molecule has 3 rings (SSSR count). The molecule has 0 atom stereocenters. The Labute approximate surface area is 124 Å². The van der Waals surface area contributed by atoms with Crippen molar-refractivity contribution in [2.24, 2.45) is 0 Å². The second-order valence-electron chi connectivity index (χ2n) is 5.24. The monoisotopic (exact) mass is 279 g/mol. The molecule has 4 nitrogen and oxygen atoms in total. The van der Waals surface area contributed by atoms with Crippen LogP contribution < -0.4 is 10.1 Å². The average Bonchev–Trinajstić information content (AvgIpc) is 3.36. The standard InChI is InChI=1S/C17H17N3O/c18-9-13-2-1-3-14(8-13)12-21-17-7-6-16(20-11-17)10-19-15-4-5-15/h1-3,6-8,11,15,19H,4-5,10,12H2. The fourth-order valence-electron chi connectivity index (χ4n) is 2.03. The maximum Gasteiger partial charge on any atom is 0.138 e. The van der Waals surface area contributed by atoms with E-state index >= 15 is 0 Å². The Morgan fingerprint density at radius 1 is 1.29 bits per heavy atom. The molecule has 0 bridgehead atoms. The van der Waals surface area contributed by atoms with Crippen LogP contribution in [0, 0.1) is 11.3 Å². The summed E-state index contributed by atoms with van der Waals surface area (Å²) in [5, 5.41) is 12.3. The van der Waals surface area contributed by atoms with Crippen LogP contribution in [0.2, 0.25) is 0 Å². The molecule has 1 aromatic carbocycles. The normalized spacial score (nSPS) is 13.7. The highest BCUT2D eigenvalue weighted by molar-refractivity contribution is 5.32. The van der Waals surface area contributed by atoms with Crippen molar-refractivity contribution in [3.63, 3.8) is 0 Å². The number of aromatic nitrogens is 1. The summed E-state index contributed by atoms with van der Waals surface area (Å²) in [5.41, 5.74) is 2.66. The molecule has 21 heavy (non-hydrogen) atoms. The smallest absolute Gasteiger partial charge is 0.138 e. The third-order valence-electron chi connectivity index (χ3n) is 3.41. The summed E-state index contributed by atoms with van der Waals surface area (Å²) in [6, 6.07) is 14.2. The first-order valence-corrected chi connectivity index (χ1v) is 7.13. The Morgan fingerprint density at radius 2 is 2.19 bits per heavy atom. The quantitative estimate of drug-likeness (QED) is 0.883. The van der Waals surface area contributed by atoms with Gasteiger partial charge in [0.2, 0.25) is 0 Å². The SMILES string of the molecule is N#Cc1cccc(COc2ccc(CNC3CC3)nc2)c1. The van der Waals surface area contributed by atoms with Crippen molar-refractivity contribution in [3.8, 4) is 11.8 Å². The second-order valence-corrected chi connectivity index (χ2v) is 5.24. The number of hydrogen-bond acceptors (Lipinski definition) is 4. The minimum absolute atomic E-state index is 0.441. The van der Waals surface area contributed by atoms with Crippen LogP contribution >= 0.6 is 0 Å². The van der Waals surface area contributed by atoms with Gasteiger partial charge in [-0.15, -0.1) is 0 Å². The summed E-state index contributed by atoms with van der Waals surface area (Å²) < 4.78 is 5.69. The second kappa shape index (κ2) is 6.38. The van der Waals surface area contributed by atoms with Gasteiger partial charge in [-0.3, -0.25) is 4.98 Å². The van der Waals surface area contributed by atoms with E-state index in [1.807, 2.05) is 30.3 Å². The molecule has 0 unspecified atom stereocenters. The van der Waals surface area contributed by atoms with Gasteiger partial charge in [-0.25, -0.2) is 0 Å². The number of rotatable bonds is 6. The minimum Gasteiger partial charge on any atom is -0.487 e. The summed E-state index contributed by atoms with van der Waals surface area (Å²) >= 11 is 0. The third kappa shape index (κ3) is 4.04. The summed E-state index contributed by atoms with van der Waals surface area (Å²) in [7, 11) is 0. The van der Waals surface area contributed by atoms with E-state index in [9.17, 15) is 0 Å². The van der Waals surface area contributed by atoms with Crippen molar-refractivity contribution < 1.29 is 4.74 Å². The van der Waals surface area contributed by atoms with Crippen molar-refractivity contribution in [1.82, 2.24) is 10.3 Å². The van der Waals surface area contributed by atoms with E-state index in [1.54, 1.807) is 12.3 Å². The van der Waals surface area contributed by atoms with E-state index < -0.39 is 0 Å². The van der Waals surface area contributed by atoms with Crippen molar-refractivity contribution in [2.75, 3.05) is 0 Å². The maximum absolute atomic E-state index is 8.87. The lowest BCUT2D eigenvalue weighted by atomic mass is 10.1. The molecule has 0 amide bonds. The van der Waals surface area contributed by atoms with E-state index in [1.165, 1.54) is 12.8 Å². The zero-order valence-corrected chi connectivity index (χ0v) is 11.7. The lowest BCUT2D eigenvalue weighted by Crippen LogP contribution is -2.16. The molecule has 1 saturated carbocycles. The highest BCUT2D eigenvalue weighted by Gasteiger charge is 2.19. The first-order chi connectivity index (χ1) is 10.3. The predicted molar refractivity (Wildman–Crippen MR) is 79.6 cm³/mol. The van der Waals surface area contributed by atoms with Gasteiger partial charge in [0.25, 0.3) is 0 Å². The predicted octanol–water partition coefficient (Wildman–Crippen LogP) is 2.78. The van der Waals surface area contributed by atoms with Gasteiger partial charge in [0, 0.05) is 12.6 Å². The topological polar surface area (TPSA) is 57.9 Å². The molecule has 0 spiro atoms. The lowest BCUT2D eigenvalue weighted by molar-refractivity contribution is 0.304. The van der Waals surface area contributed by atoms with Gasteiger partial charge < -0.3 is 10.1 Å². The largest absolute Gasteiger partial charge is 0.487 e. The van der Waals surface area contributed by atoms with Crippen molar-refractivity contribution in [1.29, 1.82) is 5.26 Å². The first kappa shape index (κ1) is 13.6. The van der Waals surface area contributed by atoms with Crippen molar-refractivity contribution >= 4 is 0 Å². The molecule has 0 saturated heterocycles. The Bertz CT molecular complexity index is 642. The molecule has 106 valence electrons. The number of nitrogens with one attached hydrogen (secondary N) is 1. The Morgan fingerprint density at radius 3 is 2.90 bits per heavy atom. The molecule has 1 fully saturated rings. The van der Waals surface area contributed by atoms with E-state index in [2.05, 4.69) is 16.4 Å². The van der Waals surface area contributed by atoms with Gasteiger partial charge in [-0.05, 0) is 42.7 Å². The fourth-order valence-corrected chi connectivity index (χ4v) is 2.03. The van der Waals surface area contributed by atoms with Gasteiger partial charge in [0.05, 0.1) is 23.5 Å². The molecule has 1 aromatic heterocycles. The molecule has 1 aliphatic carbocycles. The van der Waals surface area contributed by atoms with Crippen LogP contribution in [0.3, 0.4) is 0 Å². The minimum atomic E-state index is 0.441. The number of nitriles is 1. The molecule has 1 N–H and O–H groups in total. The van der Waals surface area contributed by atoms with Crippen LogP contribution in [0.25, 0.3) is 0 Å². The summed E-state index contributed by atoms with van der Waals surface area (Å²) in [4.78, 5) is 4.38.